The molecule has 3 fully saturated rings. The summed E-state index contributed by atoms with van der Waals surface area (Å²) in [5.41, 5.74) is 3.27. The van der Waals surface area contributed by atoms with Crippen molar-refractivity contribution in [2.75, 3.05) is 50.8 Å². The number of thioether (sulfide) groups is 1. The number of ether oxygens (including phenoxy) is 1. The number of amides is 3. The highest BCUT2D eigenvalue weighted by Gasteiger charge is 2.37. The molecule has 154 valence electrons. The third kappa shape index (κ3) is 4.33. The molecule has 3 aliphatic rings. The zero-order chi connectivity index (χ0) is 20.4. The lowest BCUT2D eigenvalue weighted by Crippen LogP contribution is -2.46. The molecular weight excluding hydrogens is 390 g/mol. The van der Waals surface area contributed by atoms with Crippen LogP contribution >= 0.6 is 11.8 Å². The van der Waals surface area contributed by atoms with E-state index in [0.717, 1.165) is 40.9 Å². The van der Waals surface area contributed by atoms with Gasteiger partial charge in [-0.05, 0) is 60.9 Å². The van der Waals surface area contributed by atoms with E-state index in [1.54, 1.807) is 11.0 Å². The molecule has 1 aromatic rings. The van der Waals surface area contributed by atoms with E-state index in [4.69, 9.17) is 4.74 Å². The Kier molecular flexibility index (Phi) is 5.91. The second-order valence-corrected chi connectivity index (χ2v) is 8.49. The molecule has 1 aromatic carbocycles. The largest absolute Gasteiger partial charge is 0.378 e. The van der Waals surface area contributed by atoms with Crippen LogP contribution in [0.3, 0.4) is 0 Å². The zero-order valence-corrected chi connectivity index (χ0v) is 17.4. The fraction of sp³-hybridized carbons (Fsp3) is 0.476. The van der Waals surface area contributed by atoms with E-state index in [1.165, 1.54) is 18.5 Å². The lowest BCUT2D eigenvalue weighted by molar-refractivity contribution is -0.139. The van der Waals surface area contributed by atoms with E-state index in [1.807, 2.05) is 12.1 Å². The van der Waals surface area contributed by atoms with Gasteiger partial charge in [0, 0.05) is 31.9 Å². The van der Waals surface area contributed by atoms with Crippen LogP contribution in [0.4, 0.5) is 10.5 Å². The number of carbonyl (C=O) groups excluding carboxylic acids is 3. The van der Waals surface area contributed by atoms with Crippen molar-refractivity contribution in [3.63, 3.8) is 0 Å². The maximum Gasteiger partial charge on any atom is 0.294 e. The molecule has 0 unspecified atom stereocenters. The number of benzene rings is 1. The second kappa shape index (κ2) is 8.59. The first kappa shape index (κ1) is 20.0. The molecule has 29 heavy (non-hydrogen) atoms. The Hall–Kier alpha value is -2.32. The van der Waals surface area contributed by atoms with Crippen LogP contribution in [0.1, 0.15) is 24.0 Å². The predicted octanol–water partition coefficient (Wildman–Crippen LogP) is 2.49. The van der Waals surface area contributed by atoms with Crippen molar-refractivity contribution in [3.05, 3.63) is 34.2 Å². The standard InChI is InChI=1S/C21H25N3O4S/c1-15-12-16(4-5-17(15)22-6-2-3-7-22)13-18-20(26)24(21(27)29-18)14-19(25)23-8-10-28-11-9-23/h4-5,12-13H,2-3,6-11,14H2,1H3. The highest BCUT2D eigenvalue weighted by atomic mass is 32.2. The van der Waals surface area contributed by atoms with Crippen LogP contribution < -0.4 is 4.90 Å². The number of hydrogen-bond acceptors (Lipinski definition) is 6. The smallest absolute Gasteiger partial charge is 0.294 e. The number of hydrogen-bond donors (Lipinski definition) is 0. The Morgan fingerprint density at radius 1 is 1.14 bits per heavy atom. The van der Waals surface area contributed by atoms with Gasteiger partial charge in [-0.25, -0.2) is 0 Å². The Morgan fingerprint density at radius 2 is 1.86 bits per heavy atom. The number of morpholine rings is 1. The molecule has 8 heteroatoms. The van der Waals surface area contributed by atoms with Crippen LogP contribution in [0.15, 0.2) is 23.1 Å². The van der Waals surface area contributed by atoms with Gasteiger partial charge in [-0.15, -0.1) is 0 Å². The van der Waals surface area contributed by atoms with Crippen LogP contribution in [0.2, 0.25) is 0 Å². The third-order valence-electron chi connectivity index (χ3n) is 5.50. The SMILES string of the molecule is Cc1cc(C=C2SC(=O)N(CC(=O)N3CCOCC3)C2=O)ccc1N1CCCC1. The zero-order valence-electron chi connectivity index (χ0n) is 16.6. The topological polar surface area (TPSA) is 70.2 Å². The van der Waals surface area contributed by atoms with Gasteiger partial charge in [0.05, 0.1) is 18.1 Å². The first-order valence-corrected chi connectivity index (χ1v) is 10.8. The number of rotatable bonds is 4. The summed E-state index contributed by atoms with van der Waals surface area (Å²) in [5, 5.41) is -0.395. The van der Waals surface area contributed by atoms with Crippen LogP contribution in [-0.4, -0.2) is 72.8 Å². The van der Waals surface area contributed by atoms with Crippen molar-refractivity contribution in [3.8, 4) is 0 Å². The Bertz CT molecular complexity index is 857. The average molecular weight is 416 g/mol. The van der Waals surface area contributed by atoms with Gasteiger partial charge in [0.1, 0.15) is 6.54 Å². The molecule has 0 aromatic heterocycles. The molecule has 3 aliphatic heterocycles. The minimum atomic E-state index is -0.400. The number of carbonyl (C=O) groups is 3. The van der Waals surface area contributed by atoms with Gasteiger partial charge in [0.25, 0.3) is 11.1 Å². The maximum absolute atomic E-state index is 12.7. The summed E-state index contributed by atoms with van der Waals surface area (Å²) in [6.45, 7) is 5.97. The summed E-state index contributed by atoms with van der Waals surface area (Å²) >= 11 is 0.893. The van der Waals surface area contributed by atoms with Gasteiger partial charge in [-0.2, -0.15) is 0 Å². The normalized spacial score (nSPS) is 21.6. The lowest BCUT2D eigenvalue weighted by Gasteiger charge is -2.28. The minimum Gasteiger partial charge on any atom is -0.378 e. The molecule has 0 spiro atoms. The number of anilines is 1. The van der Waals surface area contributed by atoms with Gasteiger partial charge in [0.2, 0.25) is 5.91 Å². The van der Waals surface area contributed by atoms with Crippen LogP contribution in [-0.2, 0) is 14.3 Å². The molecule has 4 rings (SSSR count). The molecule has 3 saturated heterocycles. The van der Waals surface area contributed by atoms with Gasteiger partial charge in [-0.3, -0.25) is 19.3 Å². The summed E-state index contributed by atoms with van der Waals surface area (Å²) in [4.78, 5) is 42.9. The summed E-state index contributed by atoms with van der Waals surface area (Å²) in [6.07, 6.45) is 4.18. The Balaban J connectivity index is 1.45. The molecule has 0 radical (unpaired) electrons. The van der Waals surface area contributed by atoms with Crippen molar-refractivity contribution >= 4 is 40.6 Å². The van der Waals surface area contributed by atoms with Gasteiger partial charge < -0.3 is 14.5 Å². The Labute approximate surface area is 174 Å². The number of aryl methyl sites for hydroxylation is 1. The summed E-state index contributed by atoms with van der Waals surface area (Å²) in [6, 6.07) is 6.10. The molecule has 0 aliphatic carbocycles. The van der Waals surface area contributed by atoms with Crippen molar-refractivity contribution < 1.29 is 19.1 Å². The molecule has 3 amide bonds. The number of nitrogens with zero attached hydrogens (tertiary/aromatic N) is 3. The fourth-order valence-corrected chi connectivity index (χ4v) is 4.76. The van der Waals surface area contributed by atoms with E-state index < -0.39 is 11.1 Å². The van der Waals surface area contributed by atoms with Crippen LogP contribution in [0.25, 0.3) is 6.08 Å². The quantitative estimate of drug-likeness (QED) is 0.704. The van der Waals surface area contributed by atoms with Crippen molar-refractivity contribution in [1.29, 1.82) is 0 Å². The second-order valence-electron chi connectivity index (χ2n) is 7.50. The monoisotopic (exact) mass is 415 g/mol. The van der Waals surface area contributed by atoms with Gasteiger partial charge >= 0.3 is 0 Å². The van der Waals surface area contributed by atoms with Crippen molar-refractivity contribution in [2.24, 2.45) is 0 Å². The van der Waals surface area contributed by atoms with E-state index in [0.29, 0.717) is 31.2 Å². The van der Waals surface area contributed by atoms with Crippen molar-refractivity contribution in [2.45, 2.75) is 19.8 Å². The highest BCUT2D eigenvalue weighted by molar-refractivity contribution is 8.18. The average Bonchev–Trinajstić information content (AvgIpc) is 3.33. The fourth-order valence-electron chi connectivity index (χ4n) is 3.92. The molecular formula is C21H25N3O4S. The third-order valence-corrected chi connectivity index (χ3v) is 6.40. The van der Waals surface area contributed by atoms with E-state index in [9.17, 15) is 14.4 Å². The number of imide groups is 1. The summed E-state index contributed by atoms with van der Waals surface area (Å²) in [7, 11) is 0. The molecule has 0 atom stereocenters. The Morgan fingerprint density at radius 3 is 2.55 bits per heavy atom. The van der Waals surface area contributed by atoms with Gasteiger partial charge in [0.15, 0.2) is 0 Å². The van der Waals surface area contributed by atoms with Crippen LogP contribution in [0.5, 0.6) is 0 Å². The van der Waals surface area contributed by atoms with Crippen molar-refractivity contribution in [1.82, 2.24) is 9.80 Å². The minimum absolute atomic E-state index is 0.213. The van der Waals surface area contributed by atoms with Crippen LogP contribution in [0, 0.1) is 6.92 Å². The molecule has 0 bridgehead atoms. The lowest BCUT2D eigenvalue weighted by atomic mass is 10.1. The van der Waals surface area contributed by atoms with Gasteiger partial charge in [-0.1, -0.05) is 6.07 Å². The summed E-state index contributed by atoms with van der Waals surface area (Å²) in [5.74, 6) is -0.620. The van der Waals surface area contributed by atoms with E-state index in [-0.39, 0.29) is 12.5 Å². The maximum atomic E-state index is 12.7. The van der Waals surface area contributed by atoms with E-state index in [2.05, 4.69) is 17.9 Å². The predicted molar refractivity (Wildman–Crippen MR) is 113 cm³/mol. The first-order chi connectivity index (χ1) is 14.0. The van der Waals surface area contributed by atoms with E-state index >= 15 is 0 Å². The highest BCUT2D eigenvalue weighted by Crippen LogP contribution is 2.33. The molecule has 0 saturated carbocycles. The molecule has 3 heterocycles. The molecule has 0 N–H and O–H groups in total. The summed E-state index contributed by atoms with van der Waals surface area (Å²) < 4.78 is 5.24. The molecule has 7 nitrogen and oxygen atoms in total. The first-order valence-electron chi connectivity index (χ1n) is 9.99.